The van der Waals surface area contributed by atoms with Crippen molar-refractivity contribution >= 4 is 38.9 Å². The molecule has 2 aromatic carbocycles. The first-order chi connectivity index (χ1) is 12.1. The molecule has 3 aromatic rings. The predicted octanol–water partition coefficient (Wildman–Crippen LogP) is 3.29. The van der Waals surface area contributed by atoms with Crippen molar-refractivity contribution in [1.29, 1.82) is 0 Å². The lowest BCUT2D eigenvalue weighted by atomic mass is 10.00. The SMILES string of the molecule is C[C@@H](NCC(=O)Nc1sccc1C(N)=O)c1cccc2ccccc12. The number of amides is 2. The van der Waals surface area contributed by atoms with E-state index in [1.165, 1.54) is 22.1 Å². The molecule has 2 amide bonds. The van der Waals surface area contributed by atoms with E-state index in [0.29, 0.717) is 10.6 Å². The first-order valence-electron chi connectivity index (χ1n) is 7.94. The molecule has 25 heavy (non-hydrogen) atoms. The summed E-state index contributed by atoms with van der Waals surface area (Å²) in [5.41, 5.74) is 6.76. The van der Waals surface area contributed by atoms with Crippen molar-refractivity contribution in [3.8, 4) is 0 Å². The van der Waals surface area contributed by atoms with Gasteiger partial charge in [-0.25, -0.2) is 0 Å². The fourth-order valence-corrected chi connectivity index (χ4v) is 3.56. The van der Waals surface area contributed by atoms with Crippen LogP contribution in [0.15, 0.2) is 53.9 Å². The number of carbonyl (C=O) groups is 2. The highest BCUT2D eigenvalue weighted by atomic mass is 32.1. The second kappa shape index (κ2) is 7.46. The topological polar surface area (TPSA) is 84.2 Å². The van der Waals surface area contributed by atoms with Gasteiger partial charge in [0.05, 0.1) is 12.1 Å². The molecule has 0 aliphatic heterocycles. The minimum Gasteiger partial charge on any atom is -0.366 e. The highest BCUT2D eigenvalue weighted by Crippen LogP contribution is 2.24. The van der Waals surface area contributed by atoms with Gasteiger partial charge in [0.1, 0.15) is 5.00 Å². The predicted molar refractivity (Wildman–Crippen MR) is 102 cm³/mol. The van der Waals surface area contributed by atoms with Gasteiger partial charge in [-0.15, -0.1) is 11.3 Å². The lowest BCUT2D eigenvalue weighted by molar-refractivity contribution is -0.115. The molecule has 0 radical (unpaired) electrons. The fraction of sp³-hybridized carbons (Fsp3) is 0.158. The summed E-state index contributed by atoms with van der Waals surface area (Å²) in [5, 5.41) is 10.5. The molecule has 6 heteroatoms. The van der Waals surface area contributed by atoms with E-state index in [9.17, 15) is 9.59 Å². The Balaban J connectivity index is 1.65. The fourth-order valence-electron chi connectivity index (χ4n) is 2.75. The van der Waals surface area contributed by atoms with Gasteiger partial charge in [0, 0.05) is 6.04 Å². The molecule has 0 aliphatic rings. The Morgan fingerprint density at radius 1 is 1.12 bits per heavy atom. The summed E-state index contributed by atoms with van der Waals surface area (Å²) >= 11 is 1.28. The molecule has 0 unspecified atom stereocenters. The van der Waals surface area contributed by atoms with E-state index in [-0.39, 0.29) is 18.5 Å². The third kappa shape index (κ3) is 3.87. The van der Waals surface area contributed by atoms with Gasteiger partial charge < -0.3 is 16.4 Å². The number of nitrogens with one attached hydrogen (secondary N) is 2. The maximum Gasteiger partial charge on any atom is 0.251 e. The van der Waals surface area contributed by atoms with Crippen LogP contribution in [0.25, 0.3) is 10.8 Å². The summed E-state index contributed by atoms with van der Waals surface area (Å²) in [6.45, 7) is 2.16. The number of hydrogen-bond donors (Lipinski definition) is 3. The molecular formula is C19H19N3O2S. The van der Waals surface area contributed by atoms with Crippen molar-refractivity contribution in [3.63, 3.8) is 0 Å². The van der Waals surface area contributed by atoms with Crippen LogP contribution in [-0.2, 0) is 4.79 Å². The van der Waals surface area contributed by atoms with Gasteiger partial charge in [0.25, 0.3) is 5.91 Å². The summed E-state index contributed by atoms with van der Waals surface area (Å²) in [5.74, 6) is -0.759. The highest BCUT2D eigenvalue weighted by molar-refractivity contribution is 7.14. The number of fused-ring (bicyclic) bond motifs is 1. The van der Waals surface area contributed by atoms with Crippen LogP contribution >= 0.6 is 11.3 Å². The van der Waals surface area contributed by atoms with Crippen molar-refractivity contribution in [2.45, 2.75) is 13.0 Å². The van der Waals surface area contributed by atoms with Gasteiger partial charge in [0.2, 0.25) is 5.91 Å². The summed E-state index contributed by atoms with van der Waals surface area (Å²) in [6.07, 6.45) is 0. The van der Waals surface area contributed by atoms with Gasteiger partial charge in [-0.05, 0) is 34.7 Å². The first kappa shape index (κ1) is 17.1. The summed E-state index contributed by atoms with van der Waals surface area (Å²) < 4.78 is 0. The zero-order valence-electron chi connectivity index (χ0n) is 13.8. The van der Waals surface area contributed by atoms with Crippen LogP contribution in [0.2, 0.25) is 0 Å². The Kier molecular flexibility index (Phi) is 5.11. The molecule has 5 nitrogen and oxygen atoms in total. The van der Waals surface area contributed by atoms with E-state index in [2.05, 4.69) is 34.9 Å². The van der Waals surface area contributed by atoms with Crippen LogP contribution < -0.4 is 16.4 Å². The lowest BCUT2D eigenvalue weighted by Crippen LogP contribution is -2.30. The molecule has 1 heterocycles. The number of primary amides is 1. The minimum absolute atomic E-state index is 0.01000. The van der Waals surface area contributed by atoms with E-state index in [1.54, 1.807) is 11.4 Å². The Morgan fingerprint density at radius 3 is 2.68 bits per heavy atom. The maximum absolute atomic E-state index is 12.2. The monoisotopic (exact) mass is 353 g/mol. The Morgan fingerprint density at radius 2 is 1.88 bits per heavy atom. The molecule has 1 atom stereocenters. The smallest absolute Gasteiger partial charge is 0.251 e. The van der Waals surface area contributed by atoms with Gasteiger partial charge in [-0.2, -0.15) is 0 Å². The van der Waals surface area contributed by atoms with Crippen molar-refractivity contribution in [1.82, 2.24) is 5.32 Å². The van der Waals surface area contributed by atoms with Crippen molar-refractivity contribution in [2.24, 2.45) is 5.73 Å². The van der Waals surface area contributed by atoms with Crippen molar-refractivity contribution in [2.75, 3.05) is 11.9 Å². The third-order valence-corrected chi connectivity index (χ3v) is 4.87. The average Bonchev–Trinajstić information content (AvgIpc) is 3.07. The second-order valence-corrected chi connectivity index (χ2v) is 6.66. The van der Waals surface area contributed by atoms with E-state index in [4.69, 9.17) is 5.73 Å². The molecule has 0 fully saturated rings. The number of benzene rings is 2. The number of nitrogens with two attached hydrogens (primary N) is 1. The first-order valence-corrected chi connectivity index (χ1v) is 8.82. The van der Waals surface area contributed by atoms with E-state index >= 15 is 0 Å². The Labute approximate surface area is 149 Å². The largest absolute Gasteiger partial charge is 0.366 e. The van der Waals surface area contributed by atoms with Crippen molar-refractivity contribution < 1.29 is 9.59 Å². The van der Waals surface area contributed by atoms with Gasteiger partial charge >= 0.3 is 0 Å². The average molecular weight is 353 g/mol. The standard InChI is InChI=1S/C19H19N3O2S/c1-12(14-8-4-6-13-5-2-3-7-15(13)14)21-11-17(23)22-19-16(18(20)24)9-10-25-19/h2-10,12,21H,11H2,1H3,(H2,20,24)(H,22,23)/t12-/m1/s1. The van der Waals surface area contributed by atoms with E-state index in [1.807, 2.05) is 25.1 Å². The number of anilines is 1. The van der Waals surface area contributed by atoms with Crippen LogP contribution in [-0.4, -0.2) is 18.4 Å². The molecule has 0 bridgehead atoms. The molecule has 1 aromatic heterocycles. The van der Waals surface area contributed by atoms with Gasteiger partial charge in [-0.1, -0.05) is 42.5 Å². The van der Waals surface area contributed by atoms with Crippen LogP contribution in [0.1, 0.15) is 28.9 Å². The number of rotatable bonds is 6. The minimum atomic E-state index is -0.548. The van der Waals surface area contributed by atoms with Crippen LogP contribution in [0.4, 0.5) is 5.00 Å². The van der Waals surface area contributed by atoms with Crippen LogP contribution in [0.5, 0.6) is 0 Å². The lowest BCUT2D eigenvalue weighted by Gasteiger charge is -2.16. The molecule has 128 valence electrons. The zero-order valence-corrected chi connectivity index (χ0v) is 14.6. The molecule has 0 saturated heterocycles. The van der Waals surface area contributed by atoms with Crippen LogP contribution in [0.3, 0.4) is 0 Å². The Hall–Kier alpha value is -2.70. The quantitative estimate of drug-likeness (QED) is 0.636. The van der Waals surface area contributed by atoms with Crippen LogP contribution in [0, 0.1) is 0 Å². The second-order valence-electron chi connectivity index (χ2n) is 5.75. The van der Waals surface area contributed by atoms with Gasteiger partial charge in [-0.3, -0.25) is 9.59 Å². The van der Waals surface area contributed by atoms with E-state index < -0.39 is 5.91 Å². The molecular weight excluding hydrogens is 334 g/mol. The summed E-state index contributed by atoms with van der Waals surface area (Å²) in [4.78, 5) is 23.5. The maximum atomic E-state index is 12.2. The Bertz CT molecular complexity index is 914. The number of hydrogen-bond acceptors (Lipinski definition) is 4. The summed E-state index contributed by atoms with van der Waals surface area (Å²) in [7, 11) is 0. The van der Waals surface area contributed by atoms with Crippen molar-refractivity contribution in [3.05, 3.63) is 65.0 Å². The molecule has 0 aliphatic carbocycles. The third-order valence-electron chi connectivity index (χ3n) is 4.04. The number of thiophene rings is 1. The molecule has 3 rings (SSSR count). The van der Waals surface area contributed by atoms with Gasteiger partial charge in [0.15, 0.2) is 0 Å². The zero-order chi connectivity index (χ0) is 17.8. The highest BCUT2D eigenvalue weighted by Gasteiger charge is 2.14. The summed E-state index contributed by atoms with van der Waals surface area (Å²) in [6, 6.07) is 15.9. The number of carbonyl (C=O) groups excluding carboxylic acids is 2. The van der Waals surface area contributed by atoms with E-state index in [0.717, 1.165) is 5.56 Å². The molecule has 0 saturated carbocycles. The normalized spacial score (nSPS) is 12.0. The molecule has 0 spiro atoms. The molecule has 4 N–H and O–H groups in total.